The summed E-state index contributed by atoms with van der Waals surface area (Å²) in [5.41, 5.74) is 1.51. The number of likely N-dealkylation sites (N-methyl/N-ethyl adjacent to an activating group) is 1. The molecule has 4 N–H and O–H groups in total. The van der Waals surface area contributed by atoms with Gasteiger partial charge in [-0.25, -0.2) is 23.5 Å². The lowest BCUT2D eigenvalue weighted by atomic mass is 10.0. The van der Waals surface area contributed by atoms with Gasteiger partial charge in [0.1, 0.15) is 16.9 Å². The predicted octanol–water partition coefficient (Wildman–Crippen LogP) is 2.76. The Morgan fingerprint density at radius 1 is 1.17 bits per heavy atom. The van der Waals surface area contributed by atoms with Gasteiger partial charge in [0.15, 0.2) is 11.6 Å². The number of nitrogens with one attached hydrogen (secondary N) is 2. The number of anilines is 2. The summed E-state index contributed by atoms with van der Waals surface area (Å²) in [5, 5.41) is 23.7. The fraction of sp³-hybridized carbons (Fsp3) is 0.286. The highest BCUT2D eigenvalue weighted by molar-refractivity contribution is 6.18. The average Bonchev–Trinajstić information content (AvgIpc) is 3.52. The zero-order valence-corrected chi connectivity index (χ0v) is 22.7. The fourth-order valence-electron chi connectivity index (χ4n) is 5.80. The lowest BCUT2D eigenvalue weighted by Gasteiger charge is -2.25. The number of benzene rings is 1. The number of aliphatic hydroxyl groups excluding tert-OH is 1. The molecule has 4 aromatic heterocycles. The van der Waals surface area contributed by atoms with Crippen LogP contribution in [0, 0.1) is 11.6 Å². The van der Waals surface area contributed by atoms with Gasteiger partial charge in [-0.15, -0.1) is 0 Å². The standard InChI is InChI=1S/C28H27F2N7O4/c1-31-17-6-16(29)22(30)20-21-24(37-10-18(35(2)3)19(38)11-37)14(8-32-26(21)34-23(17)20)12-5-13-25(39)15(28(40)41)9-36(4)27(13)33-7-12/h5-9,18-19,31,38H,10-11H2,1-4H3,(H,32,34)(H,40,41)/t18-,19+/m0/s1. The molecule has 1 saturated heterocycles. The molecular weight excluding hydrogens is 536 g/mol. The van der Waals surface area contributed by atoms with Crippen molar-refractivity contribution in [2.24, 2.45) is 7.05 Å². The fourth-order valence-corrected chi connectivity index (χ4v) is 5.80. The molecule has 13 heteroatoms. The van der Waals surface area contributed by atoms with E-state index in [1.165, 1.54) is 23.0 Å². The van der Waals surface area contributed by atoms with Crippen molar-refractivity contribution in [2.75, 3.05) is 44.4 Å². The highest BCUT2D eigenvalue weighted by atomic mass is 19.2. The molecule has 6 rings (SSSR count). The molecule has 0 amide bonds. The smallest absolute Gasteiger partial charge is 0.341 e. The van der Waals surface area contributed by atoms with E-state index in [1.807, 2.05) is 23.9 Å². The number of halogens is 2. The number of β-amino-alcohol motifs (C(OH)–C–C–N with tert-alkyl or cyclic N) is 1. The minimum Gasteiger partial charge on any atom is -0.477 e. The number of carbonyl (C=O) groups is 1. The number of aromatic nitrogens is 4. The van der Waals surface area contributed by atoms with Crippen LogP contribution in [-0.2, 0) is 7.05 Å². The molecule has 41 heavy (non-hydrogen) atoms. The molecule has 0 saturated carbocycles. The van der Waals surface area contributed by atoms with Crippen molar-refractivity contribution in [3.8, 4) is 11.1 Å². The van der Waals surface area contributed by atoms with Crippen LogP contribution in [0.2, 0.25) is 0 Å². The number of carboxylic acids is 1. The van der Waals surface area contributed by atoms with Gasteiger partial charge in [-0.2, -0.15) is 0 Å². The number of H-pyrrole nitrogens is 1. The van der Waals surface area contributed by atoms with E-state index in [-0.39, 0.29) is 29.0 Å². The Balaban J connectivity index is 1.71. The third-order valence-electron chi connectivity index (χ3n) is 7.83. The first-order valence-corrected chi connectivity index (χ1v) is 12.8. The van der Waals surface area contributed by atoms with Crippen LogP contribution >= 0.6 is 0 Å². The molecule has 1 aliphatic heterocycles. The van der Waals surface area contributed by atoms with Crippen molar-refractivity contribution in [3.63, 3.8) is 0 Å². The Bertz CT molecular complexity index is 1950. The molecule has 0 bridgehead atoms. The number of pyridine rings is 3. The second kappa shape index (κ2) is 9.49. The Morgan fingerprint density at radius 2 is 1.93 bits per heavy atom. The van der Waals surface area contributed by atoms with Gasteiger partial charge in [0, 0.05) is 63.0 Å². The summed E-state index contributed by atoms with van der Waals surface area (Å²) in [4.78, 5) is 40.7. The summed E-state index contributed by atoms with van der Waals surface area (Å²) in [7, 11) is 6.89. The molecule has 0 spiro atoms. The van der Waals surface area contributed by atoms with Crippen LogP contribution in [-0.4, -0.2) is 87.0 Å². The molecule has 0 aliphatic carbocycles. The topological polar surface area (TPSA) is 140 Å². The van der Waals surface area contributed by atoms with Crippen LogP contribution in [0.15, 0.2) is 35.5 Å². The maximum Gasteiger partial charge on any atom is 0.341 e. The lowest BCUT2D eigenvalue weighted by Crippen LogP contribution is -2.38. The first kappa shape index (κ1) is 26.6. The Kier molecular flexibility index (Phi) is 6.16. The molecule has 1 aliphatic rings. The van der Waals surface area contributed by atoms with Gasteiger partial charge in [-0.1, -0.05) is 0 Å². The van der Waals surface area contributed by atoms with Crippen molar-refractivity contribution in [1.29, 1.82) is 0 Å². The molecule has 5 aromatic rings. The molecule has 212 valence electrons. The Hall–Kier alpha value is -4.62. The van der Waals surface area contributed by atoms with Crippen LogP contribution in [0.5, 0.6) is 0 Å². The molecule has 1 fully saturated rings. The van der Waals surface area contributed by atoms with Crippen molar-refractivity contribution >= 4 is 50.3 Å². The summed E-state index contributed by atoms with van der Waals surface area (Å²) in [5.74, 6) is -3.45. The molecule has 0 unspecified atom stereocenters. The molecule has 11 nitrogen and oxygen atoms in total. The normalized spacial score (nSPS) is 17.4. The molecule has 5 heterocycles. The van der Waals surface area contributed by atoms with Crippen molar-refractivity contribution in [3.05, 3.63) is 58.1 Å². The van der Waals surface area contributed by atoms with Gasteiger partial charge < -0.3 is 34.9 Å². The minimum atomic E-state index is -1.36. The average molecular weight is 564 g/mol. The largest absolute Gasteiger partial charge is 0.477 e. The van der Waals surface area contributed by atoms with Gasteiger partial charge in [-0.3, -0.25) is 4.79 Å². The number of nitrogens with zero attached hydrogens (tertiary/aromatic N) is 5. The number of rotatable bonds is 5. The van der Waals surface area contributed by atoms with Crippen molar-refractivity contribution < 1.29 is 23.8 Å². The predicted molar refractivity (Wildman–Crippen MR) is 152 cm³/mol. The summed E-state index contributed by atoms with van der Waals surface area (Å²) >= 11 is 0. The second-order valence-electron chi connectivity index (χ2n) is 10.5. The number of hydrogen-bond donors (Lipinski definition) is 4. The lowest BCUT2D eigenvalue weighted by molar-refractivity contribution is 0.0695. The van der Waals surface area contributed by atoms with E-state index < -0.39 is 34.7 Å². The molecule has 1 aromatic carbocycles. The van der Waals surface area contributed by atoms with Gasteiger partial charge in [-0.05, 0) is 20.2 Å². The second-order valence-corrected chi connectivity index (χ2v) is 10.5. The van der Waals surface area contributed by atoms with E-state index in [2.05, 4.69) is 20.3 Å². The van der Waals surface area contributed by atoms with E-state index in [0.717, 1.165) is 6.07 Å². The van der Waals surface area contributed by atoms with Gasteiger partial charge in [0.25, 0.3) is 0 Å². The maximum absolute atomic E-state index is 15.5. The number of aromatic amines is 1. The summed E-state index contributed by atoms with van der Waals surface area (Å²) < 4.78 is 31.8. The third kappa shape index (κ3) is 3.99. The zero-order chi connectivity index (χ0) is 29.3. The van der Waals surface area contributed by atoms with Crippen LogP contribution < -0.4 is 15.6 Å². The summed E-state index contributed by atoms with van der Waals surface area (Å²) in [6, 6.07) is 2.36. The molecule has 2 atom stereocenters. The van der Waals surface area contributed by atoms with Crippen LogP contribution in [0.25, 0.3) is 44.1 Å². The number of fused-ring (bicyclic) bond motifs is 4. The number of carboxylic acid groups (broad SMARTS) is 1. The van der Waals surface area contributed by atoms with Crippen LogP contribution in [0.3, 0.4) is 0 Å². The summed E-state index contributed by atoms with van der Waals surface area (Å²) in [6.07, 6.45) is 3.55. The zero-order valence-electron chi connectivity index (χ0n) is 22.7. The van der Waals surface area contributed by atoms with Gasteiger partial charge >= 0.3 is 5.97 Å². The summed E-state index contributed by atoms with van der Waals surface area (Å²) in [6.45, 7) is 0.568. The number of hydrogen-bond acceptors (Lipinski definition) is 8. The molecular formula is C28H27F2N7O4. The molecule has 0 radical (unpaired) electrons. The highest BCUT2D eigenvalue weighted by Gasteiger charge is 2.36. The van der Waals surface area contributed by atoms with Gasteiger partial charge in [0.05, 0.1) is 45.2 Å². The van der Waals surface area contributed by atoms with E-state index in [4.69, 9.17) is 0 Å². The van der Waals surface area contributed by atoms with E-state index in [0.29, 0.717) is 45.6 Å². The van der Waals surface area contributed by atoms with Crippen LogP contribution in [0.4, 0.5) is 20.2 Å². The number of aryl methyl sites for hydroxylation is 1. The van der Waals surface area contributed by atoms with E-state index in [9.17, 15) is 24.2 Å². The number of aliphatic hydroxyl groups is 1. The SMILES string of the molecule is CNc1cc(F)c(F)c2c1[nH]c1ncc(-c3cnc4c(c3)c(=O)c(C(=O)O)cn4C)c(N3C[C@@H](O)[C@@H](N(C)C)C3)c12. The monoisotopic (exact) mass is 563 g/mol. The first-order chi connectivity index (χ1) is 19.5. The highest BCUT2D eigenvalue weighted by Crippen LogP contribution is 2.44. The number of aromatic carboxylic acids is 1. The third-order valence-corrected chi connectivity index (χ3v) is 7.83. The van der Waals surface area contributed by atoms with E-state index >= 15 is 4.39 Å². The minimum absolute atomic E-state index is 0.00526. The van der Waals surface area contributed by atoms with Crippen molar-refractivity contribution in [2.45, 2.75) is 12.1 Å². The Morgan fingerprint density at radius 3 is 2.59 bits per heavy atom. The van der Waals surface area contributed by atoms with E-state index in [1.54, 1.807) is 20.3 Å². The van der Waals surface area contributed by atoms with Crippen LogP contribution in [0.1, 0.15) is 10.4 Å². The van der Waals surface area contributed by atoms with Gasteiger partial charge in [0.2, 0.25) is 5.43 Å². The maximum atomic E-state index is 15.5. The first-order valence-electron chi connectivity index (χ1n) is 12.8. The Labute approximate surface area is 231 Å². The van der Waals surface area contributed by atoms with Crippen molar-refractivity contribution in [1.82, 2.24) is 24.4 Å². The quantitative estimate of drug-likeness (QED) is 0.254.